The maximum absolute atomic E-state index is 3.11. The molecule has 0 fully saturated rings. The number of hydrogen-bond acceptors (Lipinski definition) is 1. The van der Waals surface area contributed by atoms with Crippen molar-refractivity contribution >= 4 is 24.2 Å². The van der Waals surface area contributed by atoms with E-state index < -0.39 is 0 Å². The standard InChI is InChI=1S/C12H10Ge.C4H11N/c1-3-7-11(8-4-1)13-12-9-5-2-6-10-12;1-3-5-4-2/h1-10H;5H,3-4H2,1-2H3. The van der Waals surface area contributed by atoms with Crippen LogP contribution in [0.2, 0.25) is 0 Å². The zero-order chi connectivity index (χ0) is 13.1. The summed E-state index contributed by atoms with van der Waals surface area (Å²) in [5, 5.41) is 3.11. The second-order valence-corrected chi connectivity index (χ2v) is 6.76. The van der Waals surface area contributed by atoms with Crippen LogP contribution in [-0.2, 0) is 0 Å². The Labute approximate surface area is 117 Å². The van der Waals surface area contributed by atoms with E-state index in [1.165, 1.54) is 8.79 Å². The average molecular weight is 300 g/mol. The Balaban J connectivity index is 0.000000280. The topological polar surface area (TPSA) is 12.0 Å². The molecule has 94 valence electrons. The van der Waals surface area contributed by atoms with Crippen molar-refractivity contribution in [3.63, 3.8) is 0 Å². The molecule has 2 heteroatoms. The second-order valence-electron chi connectivity index (χ2n) is 3.81. The van der Waals surface area contributed by atoms with Crippen molar-refractivity contribution in [3.05, 3.63) is 60.7 Å². The van der Waals surface area contributed by atoms with E-state index in [2.05, 4.69) is 79.8 Å². The van der Waals surface area contributed by atoms with Crippen molar-refractivity contribution < 1.29 is 0 Å². The molecule has 0 atom stereocenters. The summed E-state index contributed by atoms with van der Waals surface area (Å²) >= 11 is -0.108. The quantitative estimate of drug-likeness (QED) is 0.851. The van der Waals surface area contributed by atoms with Gasteiger partial charge in [-0.1, -0.05) is 13.8 Å². The first-order valence-electron chi connectivity index (χ1n) is 6.44. The maximum atomic E-state index is 3.11. The monoisotopic (exact) mass is 301 g/mol. The molecular weight excluding hydrogens is 279 g/mol. The van der Waals surface area contributed by atoms with E-state index in [-0.39, 0.29) is 15.4 Å². The molecule has 0 unspecified atom stereocenters. The molecule has 0 bridgehead atoms. The second kappa shape index (κ2) is 9.92. The van der Waals surface area contributed by atoms with Crippen molar-refractivity contribution in [2.45, 2.75) is 13.8 Å². The summed E-state index contributed by atoms with van der Waals surface area (Å²) in [6, 6.07) is 21.5. The van der Waals surface area contributed by atoms with Gasteiger partial charge in [0.05, 0.1) is 0 Å². The van der Waals surface area contributed by atoms with E-state index in [1.54, 1.807) is 0 Å². The van der Waals surface area contributed by atoms with Gasteiger partial charge in [-0.15, -0.1) is 0 Å². The molecule has 2 radical (unpaired) electrons. The fraction of sp³-hybridized carbons (Fsp3) is 0.250. The van der Waals surface area contributed by atoms with Gasteiger partial charge in [-0.2, -0.15) is 0 Å². The molecule has 2 aromatic carbocycles. The molecule has 0 saturated heterocycles. The predicted molar refractivity (Wildman–Crippen MR) is 82.1 cm³/mol. The Bertz CT molecular complexity index is 360. The third-order valence-corrected chi connectivity index (χ3v) is 4.95. The summed E-state index contributed by atoms with van der Waals surface area (Å²) in [5.41, 5.74) is 0. The molecule has 0 aliphatic heterocycles. The predicted octanol–water partition coefficient (Wildman–Crippen LogP) is 1.96. The van der Waals surface area contributed by atoms with Crippen molar-refractivity contribution in [1.82, 2.24) is 5.32 Å². The molecule has 0 spiro atoms. The molecular formula is C16H21GeN. The van der Waals surface area contributed by atoms with Crippen LogP contribution in [-0.4, -0.2) is 28.5 Å². The van der Waals surface area contributed by atoms with Crippen LogP contribution in [0.4, 0.5) is 0 Å². The minimum atomic E-state index is -0.108. The van der Waals surface area contributed by atoms with Crippen molar-refractivity contribution in [3.8, 4) is 0 Å². The van der Waals surface area contributed by atoms with Crippen molar-refractivity contribution in [2.75, 3.05) is 13.1 Å². The van der Waals surface area contributed by atoms with Crippen molar-refractivity contribution in [2.24, 2.45) is 0 Å². The van der Waals surface area contributed by atoms with E-state index in [1.807, 2.05) is 0 Å². The van der Waals surface area contributed by atoms with Gasteiger partial charge < -0.3 is 5.32 Å². The Morgan fingerprint density at radius 1 is 0.722 bits per heavy atom. The molecule has 0 aliphatic carbocycles. The normalized spacial score (nSPS) is 9.44. The molecule has 0 saturated carbocycles. The summed E-state index contributed by atoms with van der Waals surface area (Å²) in [4.78, 5) is 0. The Hall–Kier alpha value is -1.06. The van der Waals surface area contributed by atoms with E-state index in [0.717, 1.165) is 13.1 Å². The first-order valence-corrected chi connectivity index (χ1v) is 8.54. The van der Waals surface area contributed by atoms with Crippen molar-refractivity contribution in [1.29, 1.82) is 0 Å². The fourth-order valence-corrected chi connectivity index (χ4v) is 3.67. The van der Waals surface area contributed by atoms with Gasteiger partial charge in [0, 0.05) is 0 Å². The van der Waals surface area contributed by atoms with Crippen LogP contribution < -0.4 is 14.1 Å². The Morgan fingerprint density at radius 2 is 1.11 bits per heavy atom. The molecule has 0 amide bonds. The van der Waals surface area contributed by atoms with E-state index in [0.29, 0.717) is 0 Å². The summed E-state index contributed by atoms with van der Waals surface area (Å²) in [6.07, 6.45) is 0. The van der Waals surface area contributed by atoms with E-state index in [4.69, 9.17) is 0 Å². The summed E-state index contributed by atoms with van der Waals surface area (Å²) < 4.78 is 2.99. The van der Waals surface area contributed by atoms with Crippen LogP contribution in [0.1, 0.15) is 13.8 Å². The van der Waals surface area contributed by atoms with Gasteiger partial charge in [0.2, 0.25) is 0 Å². The first kappa shape index (κ1) is 15.0. The molecule has 18 heavy (non-hydrogen) atoms. The fourth-order valence-electron chi connectivity index (χ4n) is 1.46. The number of benzene rings is 2. The van der Waals surface area contributed by atoms with Gasteiger partial charge in [-0.25, -0.2) is 0 Å². The molecule has 0 heterocycles. The van der Waals surface area contributed by atoms with E-state index in [9.17, 15) is 0 Å². The number of rotatable bonds is 4. The Kier molecular flexibility index (Phi) is 8.27. The molecule has 2 rings (SSSR count). The van der Waals surface area contributed by atoms with Gasteiger partial charge in [0.1, 0.15) is 0 Å². The average Bonchev–Trinajstić information content (AvgIpc) is 2.43. The zero-order valence-corrected chi connectivity index (χ0v) is 13.3. The Morgan fingerprint density at radius 3 is 1.39 bits per heavy atom. The number of hydrogen-bond donors (Lipinski definition) is 1. The third kappa shape index (κ3) is 6.62. The summed E-state index contributed by atoms with van der Waals surface area (Å²) in [7, 11) is 0. The van der Waals surface area contributed by atoms with Gasteiger partial charge >= 0.3 is 84.9 Å². The van der Waals surface area contributed by atoms with Gasteiger partial charge in [0.15, 0.2) is 0 Å². The third-order valence-electron chi connectivity index (χ3n) is 2.34. The van der Waals surface area contributed by atoms with Crippen LogP contribution in [0.5, 0.6) is 0 Å². The van der Waals surface area contributed by atoms with Crippen LogP contribution in [0.15, 0.2) is 60.7 Å². The van der Waals surface area contributed by atoms with Crippen LogP contribution in [0.25, 0.3) is 0 Å². The summed E-state index contributed by atoms with van der Waals surface area (Å²) in [6.45, 7) is 6.39. The molecule has 0 aromatic heterocycles. The molecule has 1 N–H and O–H groups in total. The first-order chi connectivity index (χ1) is 8.86. The van der Waals surface area contributed by atoms with Crippen LogP contribution >= 0.6 is 0 Å². The molecule has 0 aliphatic rings. The SMILES string of the molecule is CCNCC.c1cc[c]([Ge][c]2ccccc2)cc1. The molecule has 1 nitrogen and oxygen atoms in total. The zero-order valence-electron chi connectivity index (χ0n) is 11.2. The van der Waals surface area contributed by atoms with Gasteiger partial charge in [0.25, 0.3) is 0 Å². The molecule has 2 aromatic rings. The van der Waals surface area contributed by atoms with Gasteiger partial charge in [-0.3, -0.25) is 0 Å². The van der Waals surface area contributed by atoms with Crippen LogP contribution in [0, 0.1) is 0 Å². The van der Waals surface area contributed by atoms with E-state index >= 15 is 0 Å². The summed E-state index contributed by atoms with van der Waals surface area (Å²) in [5.74, 6) is 0. The van der Waals surface area contributed by atoms with Crippen LogP contribution in [0.3, 0.4) is 0 Å². The number of nitrogens with one attached hydrogen (secondary N) is 1. The van der Waals surface area contributed by atoms with Gasteiger partial charge in [-0.05, 0) is 13.1 Å². The minimum absolute atomic E-state index is 0.108.